The van der Waals surface area contributed by atoms with E-state index in [1.807, 2.05) is 12.1 Å². The molecule has 46 heavy (non-hydrogen) atoms. The molecular formula is C43H27N3. The van der Waals surface area contributed by atoms with Gasteiger partial charge in [-0.25, -0.2) is 0 Å². The van der Waals surface area contributed by atoms with E-state index in [1.54, 1.807) is 0 Å². The van der Waals surface area contributed by atoms with Crippen LogP contribution in [0.4, 0.5) is 0 Å². The van der Waals surface area contributed by atoms with Crippen LogP contribution in [0, 0.1) is 11.3 Å². The first-order valence-electron chi connectivity index (χ1n) is 15.5. The summed E-state index contributed by atoms with van der Waals surface area (Å²) < 4.78 is 2.31. The number of aromatic nitrogens is 2. The van der Waals surface area contributed by atoms with Gasteiger partial charge in [-0.2, -0.15) is 5.26 Å². The highest BCUT2D eigenvalue weighted by Crippen LogP contribution is 2.42. The number of aromatic amines is 1. The predicted molar refractivity (Wildman–Crippen MR) is 191 cm³/mol. The molecule has 9 rings (SSSR count). The highest BCUT2D eigenvalue weighted by Gasteiger charge is 2.18. The molecule has 2 heterocycles. The number of para-hydroxylation sites is 2. The molecule has 0 bridgehead atoms. The molecule has 0 aliphatic carbocycles. The second kappa shape index (κ2) is 10.4. The van der Waals surface area contributed by atoms with Crippen molar-refractivity contribution in [2.24, 2.45) is 0 Å². The van der Waals surface area contributed by atoms with E-state index in [-0.39, 0.29) is 0 Å². The third kappa shape index (κ3) is 4.05. The lowest BCUT2D eigenvalue weighted by Crippen LogP contribution is -1.95. The number of nitriles is 1. The van der Waals surface area contributed by atoms with Crippen molar-refractivity contribution in [3.63, 3.8) is 0 Å². The van der Waals surface area contributed by atoms with Crippen molar-refractivity contribution in [1.29, 1.82) is 5.26 Å². The third-order valence-corrected chi connectivity index (χ3v) is 9.16. The smallest absolute Gasteiger partial charge is 0.0991 e. The quantitative estimate of drug-likeness (QED) is 0.219. The van der Waals surface area contributed by atoms with Crippen LogP contribution < -0.4 is 0 Å². The van der Waals surface area contributed by atoms with Crippen LogP contribution >= 0.6 is 0 Å². The van der Waals surface area contributed by atoms with Crippen molar-refractivity contribution in [2.45, 2.75) is 0 Å². The second-order valence-electron chi connectivity index (χ2n) is 11.8. The zero-order chi connectivity index (χ0) is 30.6. The van der Waals surface area contributed by atoms with Gasteiger partial charge in [0, 0.05) is 38.3 Å². The summed E-state index contributed by atoms with van der Waals surface area (Å²) in [6.07, 6.45) is 0. The SMILES string of the molecule is N#Cc1ccc2c(c1)c1ccccc1n2-c1cccc(-c2cccc(-c3ccccc3)c2-c2ccc3[nH]c4ccccc4c3c2)c1. The van der Waals surface area contributed by atoms with Gasteiger partial charge in [-0.05, 0) is 88.0 Å². The second-order valence-corrected chi connectivity index (χ2v) is 11.8. The van der Waals surface area contributed by atoms with Gasteiger partial charge in [0.2, 0.25) is 0 Å². The maximum atomic E-state index is 9.62. The summed E-state index contributed by atoms with van der Waals surface area (Å²) in [7, 11) is 0. The van der Waals surface area contributed by atoms with Gasteiger partial charge in [0.05, 0.1) is 22.7 Å². The lowest BCUT2D eigenvalue weighted by molar-refractivity contribution is 1.18. The van der Waals surface area contributed by atoms with Gasteiger partial charge in [0.15, 0.2) is 0 Å². The fraction of sp³-hybridized carbons (Fsp3) is 0. The Morgan fingerprint density at radius 3 is 2.02 bits per heavy atom. The topological polar surface area (TPSA) is 44.5 Å². The van der Waals surface area contributed by atoms with Crippen LogP contribution in [-0.2, 0) is 0 Å². The Hall–Kier alpha value is -6.37. The van der Waals surface area contributed by atoms with Crippen molar-refractivity contribution in [1.82, 2.24) is 9.55 Å². The number of rotatable bonds is 4. The molecule has 7 aromatic carbocycles. The number of nitrogens with zero attached hydrogens (tertiary/aromatic N) is 2. The minimum absolute atomic E-state index is 0.665. The average Bonchev–Trinajstić information content (AvgIpc) is 3.66. The molecule has 1 N–H and O–H groups in total. The van der Waals surface area contributed by atoms with E-state index < -0.39 is 0 Å². The number of benzene rings is 7. The predicted octanol–water partition coefficient (Wildman–Crippen LogP) is 11.3. The Balaban J connectivity index is 1.30. The molecule has 0 saturated heterocycles. The van der Waals surface area contributed by atoms with Crippen molar-refractivity contribution in [2.75, 3.05) is 0 Å². The molecule has 2 aromatic heterocycles. The number of H-pyrrole nitrogens is 1. The molecule has 3 heteroatoms. The Labute approximate surface area is 266 Å². The molecule has 9 aromatic rings. The van der Waals surface area contributed by atoms with Crippen molar-refractivity contribution >= 4 is 43.6 Å². The standard InChI is InChI=1S/C43H27N3/c44-27-28-20-23-42-38(24-28)36-15-5-7-19-41(36)46(42)32-13-8-12-30(25-32)34-17-9-16-33(29-10-2-1-3-11-29)43(34)31-21-22-40-37(26-31)35-14-4-6-18-39(35)45-40/h1-26,45H. The van der Waals surface area contributed by atoms with Gasteiger partial charge in [0.25, 0.3) is 0 Å². The normalized spacial score (nSPS) is 11.5. The average molecular weight is 586 g/mol. The molecular weight excluding hydrogens is 558 g/mol. The maximum Gasteiger partial charge on any atom is 0.0991 e. The molecule has 0 spiro atoms. The van der Waals surface area contributed by atoms with E-state index >= 15 is 0 Å². The van der Waals surface area contributed by atoms with Crippen LogP contribution in [0.3, 0.4) is 0 Å². The molecule has 0 fully saturated rings. The van der Waals surface area contributed by atoms with E-state index in [9.17, 15) is 5.26 Å². The third-order valence-electron chi connectivity index (χ3n) is 9.16. The molecule has 0 amide bonds. The van der Waals surface area contributed by atoms with Crippen molar-refractivity contribution < 1.29 is 0 Å². The summed E-state index contributed by atoms with van der Waals surface area (Å²) in [4.78, 5) is 3.59. The number of hydrogen-bond acceptors (Lipinski definition) is 1. The van der Waals surface area contributed by atoms with Gasteiger partial charge in [-0.3, -0.25) is 0 Å². The minimum atomic E-state index is 0.665. The Bertz CT molecular complexity index is 2650. The van der Waals surface area contributed by atoms with Crippen LogP contribution in [0.2, 0.25) is 0 Å². The van der Waals surface area contributed by atoms with Gasteiger partial charge in [-0.15, -0.1) is 0 Å². The zero-order valence-corrected chi connectivity index (χ0v) is 24.9. The highest BCUT2D eigenvalue weighted by molar-refractivity contribution is 6.11. The van der Waals surface area contributed by atoms with Crippen LogP contribution in [0.15, 0.2) is 158 Å². The Morgan fingerprint density at radius 2 is 1.15 bits per heavy atom. The Kier molecular flexibility index (Phi) is 5.88. The first-order valence-corrected chi connectivity index (χ1v) is 15.5. The van der Waals surface area contributed by atoms with E-state index in [2.05, 4.69) is 161 Å². The Morgan fingerprint density at radius 1 is 0.457 bits per heavy atom. The summed E-state index contributed by atoms with van der Waals surface area (Å²) in [5, 5.41) is 14.3. The minimum Gasteiger partial charge on any atom is -0.355 e. The molecule has 214 valence electrons. The van der Waals surface area contributed by atoms with Crippen molar-refractivity contribution in [3.8, 4) is 45.1 Å². The van der Waals surface area contributed by atoms with Gasteiger partial charge in [0.1, 0.15) is 0 Å². The zero-order valence-electron chi connectivity index (χ0n) is 24.9. The van der Waals surface area contributed by atoms with Crippen LogP contribution in [0.25, 0.3) is 82.7 Å². The molecule has 0 unspecified atom stereocenters. The first kappa shape index (κ1) is 26.1. The van der Waals surface area contributed by atoms with Gasteiger partial charge < -0.3 is 9.55 Å². The van der Waals surface area contributed by atoms with Gasteiger partial charge in [-0.1, -0.05) is 103 Å². The lowest BCUT2D eigenvalue weighted by Gasteiger charge is -2.18. The van der Waals surface area contributed by atoms with Gasteiger partial charge >= 0.3 is 0 Å². The number of hydrogen-bond donors (Lipinski definition) is 1. The fourth-order valence-electron chi connectivity index (χ4n) is 7.10. The van der Waals surface area contributed by atoms with E-state index in [1.165, 1.54) is 38.6 Å². The van der Waals surface area contributed by atoms with Crippen LogP contribution in [-0.4, -0.2) is 9.55 Å². The summed E-state index contributed by atoms with van der Waals surface area (Å²) in [5.74, 6) is 0. The van der Waals surface area contributed by atoms with E-state index in [0.717, 1.165) is 44.1 Å². The highest BCUT2D eigenvalue weighted by atomic mass is 15.0. The fourth-order valence-corrected chi connectivity index (χ4v) is 7.10. The number of nitrogens with one attached hydrogen (secondary N) is 1. The molecule has 0 radical (unpaired) electrons. The molecule has 3 nitrogen and oxygen atoms in total. The lowest BCUT2D eigenvalue weighted by atomic mass is 9.87. The molecule has 0 saturated carbocycles. The van der Waals surface area contributed by atoms with E-state index in [0.29, 0.717) is 5.56 Å². The molecule has 0 aliphatic heterocycles. The largest absolute Gasteiger partial charge is 0.355 e. The van der Waals surface area contributed by atoms with Crippen LogP contribution in [0.1, 0.15) is 5.56 Å². The maximum absolute atomic E-state index is 9.62. The summed E-state index contributed by atoms with van der Waals surface area (Å²) in [5.41, 5.74) is 13.3. The molecule has 0 aliphatic rings. The van der Waals surface area contributed by atoms with E-state index in [4.69, 9.17) is 0 Å². The van der Waals surface area contributed by atoms with Crippen LogP contribution in [0.5, 0.6) is 0 Å². The van der Waals surface area contributed by atoms with Crippen molar-refractivity contribution in [3.05, 3.63) is 163 Å². The molecule has 0 atom stereocenters. The first-order chi connectivity index (χ1) is 22.8. The monoisotopic (exact) mass is 585 g/mol. The number of fused-ring (bicyclic) bond motifs is 6. The summed E-state index contributed by atoms with van der Waals surface area (Å²) in [6, 6.07) is 58.2. The summed E-state index contributed by atoms with van der Waals surface area (Å²) >= 11 is 0. The summed E-state index contributed by atoms with van der Waals surface area (Å²) in [6.45, 7) is 0.